The number of nitrogens with zero attached hydrogens (tertiary/aromatic N) is 4. The van der Waals surface area contributed by atoms with Crippen molar-refractivity contribution in [1.29, 1.82) is 0 Å². The summed E-state index contributed by atoms with van der Waals surface area (Å²) in [5.41, 5.74) is 0.297. The molecule has 3 heterocycles. The van der Waals surface area contributed by atoms with Crippen LogP contribution in [0.15, 0.2) is 35.3 Å². The third-order valence-corrected chi connectivity index (χ3v) is 7.51. The molecule has 9 nitrogen and oxygen atoms in total. The number of morpholine rings is 1. The average molecular weight is 420 g/mol. The second-order valence-electron chi connectivity index (χ2n) is 7.21. The Morgan fingerprint density at radius 2 is 1.52 bits per heavy atom. The van der Waals surface area contributed by atoms with Crippen molar-refractivity contribution in [1.82, 2.24) is 18.1 Å². The van der Waals surface area contributed by atoms with Gasteiger partial charge >= 0.3 is 0 Å². The first-order valence-corrected chi connectivity index (χ1v) is 11.0. The SMILES string of the molecule is Cn1cc(C(=O)N2CCN(S(=O)(=O)N3CCOCC3)CC2)c2ccccc2c1=O. The van der Waals surface area contributed by atoms with Gasteiger partial charge in [-0.05, 0) is 6.07 Å². The van der Waals surface area contributed by atoms with Crippen LogP contribution in [0, 0.1) is 0 Å². The zero-order valence-electron chi connectivity index (χ0n) is 16.3. The molecule has 1 aromatic heterocycles. The molecule has 0 saturated carbocycles. The van der Waals surface area contributed by atoms with Gasteiger partial charge in [0, 0.05) is 63.3 Å². The summed E-state index contributed by atoms with van der Waals surface area (Å²) in [6, 6.07) is 7.04. The highest BCUT2D eigenvalue weighted by molar-refractivity contribution is 7.86. The van der Waals surface area contributed by atoms with Crippen molar-refractivity contribution in [2.45, 2.75) is 0 Å². The minimum atomic E-state index is -3.54. The van der Waals surface area contributed by atoms with Gasteiger partial charge in [-0.15, -0.1) is 0 Å². The molecule has 2 fully saturated rings. The highest BCUT2D eigenvalue weighted by Gasteiger charge is 2.34. The number of aryl methyl sites for hydroxylation is 1. The fraction of sp³-hybridized carbons (Fsp3) is 0.474. The summed E-state index contributed by atoms with van der Waals surface area (Å²) < 4.78 is 35.1. The van der Waals surface area contributed by atoms with Crippen molar-refractivity contribution >= 4 is 26.9 Å². The number of rotatable bonds is 3. The predicted molar refractivity (Wildman–Crippen MR) is 108 cm³/mol. The lowest BCUT2D eigenvalue weighted by Crippen LogP contribution is -2.55. The summed E-state index contributed by atoms with van der Waals surface area (Å²) in [4.78, 5) is 27.1. The number of pyridine rings is 1. The largest absolute Gasteiger partial charge is 0.379 e. The summed E-state index contributed by atoms with van der Waals surface area (Å²) >= 11 is 0. The fourth-order valence-electron chi connectivity index (χ4n) is 3.82. The van der Waals surface area contributed by atoms with Crippen molar-refractivity contribution in [2.75, 3.05) is 52.5 Å². The number of hydrogen-bond donors (Lipinski definition) is 0. The minimum absolute atomic E-state index is 0.154. The van der Waals surface area contributed by atoms with Crippen LogP contribution in [0.4, 0.5) is 0 Å². The van der Waals surface area contributed by atoms with E-state index in [2.05, 4.69) is 0 Å². The van der Waals surface area contributed by atoms with Gasteiger partial charge in [0.2, 0.25) is 0 Å². The number of ether oxygens (including phenoxy) is 1. The Labute approximate surface area is 169 Å². The van der Waals surface area contributed by atoms with Gasteiger partial charge in [0.1, 0.15) is 0 Å². The smallest absolute Gasteiger partial charge is 0.282 e. The van der Waals surface area contributed by atoms with E-state index in [9.17, 15) is 18.0 Å². The summed E-state index contributed by atoms with van der Waals surface area (Å²) in [6.45, 7) is 2.61. The monoisotopic (exact) mass is 420 g/mol. The lowest BCUT2D eigenvalue weighted by atomic mass is 10.1. The first kappa shape index (κ1) is 20.0. The first-order chi connectivity index (χ1) is 13.9. The van der Waals surface area contributed by atoms with E-state index in [0.717, 1.165) is 0 Å². The van der Waals surface area contributed by atoms with Crippen molar-refractivity contribution in [3.05, 3.63) is 46.4 Å². The van der Waals surface area contributed by atoms with E-state index in [4.69, 9.17) is 4.74 Å². The van der Waals surface area contributed by atoms with Gasteiger partial charge in [-0.2, -0.15) is 17.0 Å². The molecule has 2 aliphatic heterocycles. The summed E-state index contributed by atoms with van der Waals surface area (Å²) in [6.07, 6.45) is 1.56. The van der Waals surface area contributed by atoms with Gasteiger partial charge in [-0.1, -0.05) is 18.2 Å². The Hall–Kier alpha value is -2.27. The van der Waals surface area contributed by atoms with Crippen LogP contribution in [0.5, 0.6) is 0 Å². The molecule has 10 heteroatoms. The highest BCUT2D eigenvalue weighted by Crippen LogP contribution is 2.19. The molecule has 29 heavy (non-hydrogen) atoms. The Bertz CT molecular complexity index is 1080. The Morgan fingerprint density at radius 3 is 2.17 bits per heavy atom. The van der Waals surface area contributed by atoms with Crippen LogP contribution in [0.1, 0.15) is 10.4 Å². The molecule has 2 aromatic rings. The zero-order valence-corrected chi connectivity index (χ0v) is 17.1. The number of benzene rings is 1. The Morgan fingerprint density at radius 1 is 0.931 bits per heavy atom. The molecule has 2 aliphatic rings. The molecule has 0 radical (unpaired) electrons. The third kappa shape index (κ3) is 3.68. The van der Waals surface area contributed by atoms with E-state index in [0.29, 0.717) is 55.7 Å². The number of fused-ring (bicyclic) bond motifs is 1. The molecule has 4 rings (SSSR count). The average Bonchev–Trinajstić information content (AvgIpc) is 2.76. The number of hydrogen-bond acceptors (Lipinski definition) is 5. The Kier molecular flexibility index (Phi) is 5.43. The molecular formula is C19H24N4O5S. The van der Waals surface area contributed by atoms with Crippen LogP contribution in [-0.4, -0.2) is 84.9 Å². The van der Waals surface area contributed by atoms with E-state index in [1.807, 2.05) is 0 Å². The predicted octanol–water partition coefficient (Wildman–Crippen LogP) is -0.127. The maximum absolute atomic E-state index is 13.2. The standard InChI is InChI=1S/C19H24N4O5S/c1-20-14-17(15-4-2-3-5-16(15)18(20)24)19(25)21-6-8-22(9-7-21)29(26,27)23-10-12-28-13-11-23/h2-5,14H,6-13H2,1H3. The van der Waals surface area contributed by atoms with Gasteiger partial charge in [-0.3, -0.25) is 9.59 Å². The molecule has 0 spiro atoms. The van der Waals surface area contributed by atoms with Gasteiger partial charge in [0.15, 0.2) is 0 Å². The van der Waals surface area contributed by atoms with Gasteiger partial charge in [-0.25, -0.2) is 0 Å². The fourth-order valence-corrected chi connectivity index (χ4v) is 5.38. The van der Waals surface area contributed by atoms with Gasteiger partial charge in [0.05, 0.1) is 18.8 Å². The number of carbonyl (C=O) groups excluding carboxylic acids is 1. The van der Waals surface area contributed by atoms with Crippen molar-refractivity contribution < 1.29 is 17.9 Å². The minimum Gasteiger partial charge on any atom is -0.379 e. The molecule has 0 atom stereocenters. The molecule has 2 saturated heterocycles. The molecule has 0 N–H and O–H groups in total. The maximum atomic E-state index is 13.2. The zero-order chi connectivity index (χ0) is 20.6. The quantitative estimate of drug-likeness (QED) is 0.690. The van der Waals surface area contributed by atoms with Crippen LogP contribution >= 0.6 is 0 Å². The number of aromatic nitrogens is 1. The highest BCUT2D eigenvalue weighted by atomic mass is 32.2. The maximum Gasteiger partial charge on any atom is 0.282 e. The van der Waals surface area contributed by atoms with Crippen LogP contribution in [0.3, 0.4) is 0 Å². The number of carbonyl (C=O) groups is 1. The van der Waals surface area contributed by atoms with Crippen LogP contribution in [0.2, 0.25) is 0 Å². The lowest BCUT2D eigenvalue weighted by molar-refractivity contribution is 0.0637. The van der Waals surface area contributed by atoms with Crippen LogP contribution in [-0.2, 0) is 22.0 Å². The lowest BCUT2D eigenvalue weighted by Gasteiger charge is -2.37. The topological polar surface area (TPSA) is 92.2 Å². The molecule has 0 unspecified atom stereocenters. The van der Waals surface area contributed by atoms with Gasteiger partial charge in [0.25, 0.3) is 21.7 Å². The van der Waals surface area contributed by atoms with E-state index < -0.39 is 10.2 Å². The first-order valence-electron chi connectivity index (χ1n) is 9.60. The Balaban J connectivity index is 1.52. The summed E-state index contributed by atoms with van der Waals surface area (Å²) in [5, 5.41) is 1.11. The van der Waals surface area contributed by atoms with Crippen molar-refractivity contribution in [3.8, 4) is 0 Å². The molecule has 0 aliphatic carbocycles. The van der Waals surface area contributed by atoms with E-state index >= 15 is 0 Å². The third-order valence-electron chi connectivity index (χ3n) is 5.47. The summed E-state index contributed by atoms with van der Waals surface area (Å²) in [5.74, 6) is -0.194. The van der Waals surface area contributed by atoms with E-state index in [-0.39, 0.29) is 24.6 Å². The summed E-state index contributed by atoms with van der Waals surface area (Å²) in [7, 11) is -1.92. The second kappa shape index (κ2) is 7.86. The van der Waals surface area contributed by atoms with Crippen LogP contribution < -0.4 is 5.56 Å². The van der Waals surface area contributed by atoms with E-state index in [1.165, 1.54) is 13.2 Å². The van der Waals surface area contributed by atoms with Gasteiger partial charge < -0.3 is 14.2 Å². The van der Waals surface area contributed by atoms with Crippen LogP contribution in [0.25, 0.3) is 10.8 Å². The van der Waals surface area contributed by atoms with Crippen molar-refractivity contribution in [2.24, 2.45) is 7.05 Å². The molecule has 0 bridgehead atoms. The molecule has 1 aromatic carbocycles. The normalized spacial score (nSPS) is 19.6. The molecule has 156 valence electrons. The molecular weight excluding hydrogens is 396 g/mol. The van der Waals surface area contributed by atoms with E-state index in [1.54, 1.807) is 42.4 Å². The number of amides is 1. The van der Waals surface area contributed by atoms with Crippen molar-refractivity contribution in [3.63, 3.8) is 0 Å². The molecule has 1 amide bonds. The second-order valence-corrected chi connectivity index (χ2v) is 9.14. The number of piperazine rings is 1.